The number of aromatic nitrogens is 1. The molecule has 1 heterocycles. The predicted molar refractivity (Wildman–Crippen MR) is 154 cm³/mol. The van der Waals surface area contributed by atoms with Gasteiger partial charge in [-0.15, -0.1) is 0 Å². The lowest BCUT2D eigenvalue weighted by atomic mass is 10.1. The number of hydrogen-bond donors (Lipinski definition) is 1. The minimum absolute atomic E-state index is 0.00925. The number of benzene rings is 3. The number of halogens is 5. The fourth-order valence-corrected chi connectivity index (χ4v) is 4.61. The Bertz CT molecular complexity index is 1640. The molecule has 0 atom stereocenters. The van der Waals surface area contributed by atoms with Crippen LogP contribution in [0.5, 0.6) is 5.75 Å². The highest BCUT2D eigenvalue weighted by molar-refractivity contribution is 6.38. The van der Waals surface area contributed by atoms with Crippen molar-refractivity contribution in [1.29, 1.82) is 0 Å². The van der Waals surface area contributed by atoms with Crippen molar-refractivity contribution in [2.24, 2.45) is 0 Å². The summed E-state index contributed by atoms with van der Waals surface area (Å²) in [4.78, 5) is 30.8. The van der Waals surface area contributed by atoms with Gasteiger partial charge in [-0.05, 0) is 48.9 Å². The number of anilines is 1. The van der Waals surface area contributed by atoms with Crippen LogP contribution in [-0.2, 0) is 22.4 Å². The predicted octanol–water partition coefficient (Wildman–Crippen LogP) is 7.24. The lowest BCUT2D eigenvalue weighted by molar-refractivity contribution is -0.137. The van der Waals surface area contributed by atoms with Crippen LogP contribution in [0.4, 0.5) is 18.9 Å². The minimum atomic E-state index is -4.57. The third-order valence-corrected chi connectivity index (χ3v) is 7.01. The third kappa shape index (κ3) is 7.17. The number of pyridine rings is 1. The number of likely N-dealkylation sites (N-methyl/N-ethyl adjacent to an activating group) is 1. The van der Waals surface area contributed by atoms with Gasteiger partial charge in [0.25, 0.3) is 0 Å². The molecule has 0 radical (unpaired) electrons. The summed E-state index contributed by atoms with van der Waals surface area (Å²) in [7, 11) is 1.47. The Kier molecular flexibility index (Phi) is 9.20. The maximum absolute atomic E-state index is 13.2. The fourth-order valence-electron chi connectivity index (χ4n) is 4.01. The largest absolute Gasteiger partial charge is 0.487 e. The van der Waals surface area contributed by atoms with E-state index in [1.165, 1.54) is 30.1 Å². The molecule has 0 saturated carbocycles. The van der Waals surface area contributed by atoms with Gasteiger partial charge in [0.1, 0.15) is 12.4 Å². The molecule has 11 heteroatoms. The summed E-state index contributed by atoms with van der Waals surface area (Å²) >= 11 is 13.0. The third-order valence-electron chi connectivity index (χ3n) is 6.24. The van der Waals surface area contributed by atoms with Crippen molar-refractivity contribution in [3.05, 3.63) is 105 Å². The number of ether oxygens (including phenoxy) is 1. The zero-order valence-electron chi connectivity index (χ0n) is 21.9. The molecule has 3 aromatic carbocycles. The standard InChI is InChI=1S/C30H24Cl2F3N3O3/c1-18-26(15-20-8-4-6-10-24(20)37-18)41-17-21-23(31)12-13-25(29(21)32)38(2)28(40)16-36-27(39)14-11-19-7-3-5-9-22(19)30(33,34)35/h3-15H,16-17H2,1-2H3,(H,36,39)/b14-11+. The second-order valence-electron chi connectivity index (χ2n) is 9.00. The molecule has 4 rings (SSSR count). The van der Waals surface area contributed by atoms with Crippen LogP contribution in [0, 0.1) is 6.92 Å². The first kappa shape index (κ1) is 29.9. The summed E-state index contributed by atoms with van der Waals surface area (Å²) in [6.45, 7) is 1.41. The lowest BCUT2D eigenvalue weighted by Crippen LogP contribution is -2.37. The summed E-state index contributed by atoms with van der Waals surface area (Å²) in [6.07, 6.45) is -2.59. The van der Waals surface area contributed by atoms with Crippen LogP contribution >= 0.6 is 23.2 Å². The van der Waals surface area contributed by atoms with Gasteiger partial charge in [0.05, 0.1) is 34.0 Å². The first-order valence-corrected chi connectivity index (χ1v) is 13.1. The van der Waals surface area contributed by atoms with E-state index in [0.29, 0.717) is 27.7 Å². The van der Waals surface area contributed by atoms with E-state index < -0.39 is 30.1 Å². The molecule has 0 bridgehead atoms. The summed E-state index contributed by atoms with van der Waals surface area (Å²) in [5.41, 5.74) is 1.26. The average molecular weight is 602 g/mol. The van der Waals surface area contributed by atoms with E-state index in [2.05, 4.69) is 10.3 Å². The Morgan fingerprint density at radius 1 is 1.05 bits per heavy atom. The molecular weight excluding hydrogens is 578 g/mol. The van der Waals surface area contributed by atoms with Crippen molar-refractivity contribution in [2.45, 2.75) is 19.7 Å². The van der Waals surface area contributed by atoms with Crippen LogP contribution in [-0.4, -0.2) is 30.4 Å². The number of amides is 2. The number of alkyl halides is 3. The summed E-state index contributed by atoms with van der Waals surface area (Å²) in [5.74, 6) is -0.702. The Labute approximate surface area is 244 Å². The van der Waals surface area contributed by atoms with Gasteiger partial charge < -0.3 is 15.0 Å². The summed E-state index contributed by atoms with van der Waals surface area (Å²) < 4.78 is 45.5. The summed E-state index contributed by atoms with van der Waals surface area (Å²) in [6, 6.07) is 17.5. The second-order valence-corrected chi connectivity index (χ2v) is 9.79. The zero-order valence-corrected chi connectivity index (χ0v) is 23.4. The molecule has 0 spiro atoms. The van der Waals surface area contributed by atoms with Gasteiger partial charge in [0.2, 0.25) is 11.8 Å². The number of fused-ring (bicyclic) bond motifs is 1. The topological polar surface area (TPSA) is 71.5 Å². The normalized spacial score (nSPS) is 11.6. The molecule has 0 aliphatic heterocycles. The Balaban J connectivity index is 1.42. The van der Waals surface area contributed by atoms with Crippen molar-refractivity contribution < 1.29 is 27.5 Å². The molecule has 1 N–H and O–H groups in total. The highest BCUT2D eigenvalue weighted by atomic mass is 35.5. The van der Waals surface area contributed by atoms with Crippen molar-refractivity contribution >= 4 is 57.7 Å². The van der Waals surface area contributed by atoms with E-state index in [1.54, 1.807) is 12.1 Å². The van der Waals surface area contributed by atoms with Crippen molar-refractivity contribution in [3.8, 4) is 5.75 Å². The maximum atomic E-state index is 13.2. The molecule has 0 unspecified atom stereocenters. The number of hydrogen-bond acceptors (Lipinski definition) is 4. The number of carbonyl (C=O) groups is 2. The quantitative estimate of drug-likeness (QED) is 0.216. The van der Waals surface area contributed by atoms with Gasteiger partial charge in [0, 0.05) is 29.1 Å². The number of aryl methyl sites for hydroxylation is 1. The molecule has 0 saturated heterocycles. The number of nitrogens with zero attached hydrogens (tertiary/aromatic N) is 2. The van der Waals surface area contributed by atoms with E-state index in [4.69, 9.17) is 27.9 Å². The van der Waals surface area contributed by atoms with E-state index in [9.17, 15) is 22.8 Å². The van der Waals surface area contributed by atoms with E-state index >= 15 is 0 Å². The molecule has 1 aromatic heterocycles. The molecule has 41 heavy (non-hydrogen) atoms. The Morgan fingerprint density at radius 3 is 2.51 bits per heavy atom. The smallest absolute Gasteiger partial charge is 0.416 e. The first-order chi connectivity index (χ1) is 19.5. The molecule has 0 fully saturated rings. The van der Waals surface area contributed by atoms with Gasteiger partial charge >= 0.3 is 6.18 Å². The highest BCUT2D eigenvalue weighted by Gasteiger charge is 2.32. The van der Waals surface area contributed by atoms with E-state index in [0.717, 1.165) is 29.1 Å². The van der Waals surface area contributed by atoms with Gasteiger partial charge in [-0.3, -0.25) is 9.59 Å². The van der Waals surface area contributed by atoms with Crippen LogP contribution in [0.1, 0.15) is 22.4 Å². The van der Waals surface area contributed by atoms with E-state index in [1.807, 2.05) is 37.3 Å². The first-order valence-electron chi connectivity index (χ1n) is 12.3. The number of rotatable bonds is 8. The zero-order chi connectivity index (χ0) is 29.7. The van der Waals surface area contributed by atoms with Gasteiger partial charge in [0.15, 0.2) is 0 Å². The van der Waals surface area contributed by atoms with Gasteiger partial charge in [-0.2, -0.15) is 13.2 Å². The van der Waals surface area contributed by atoms with E-state index in [-0.39, 0.29) is 17.2 Å². The minimum Gasteiger partial charge on any atom is -0.487 e. The number of carbonyl (C=O) groups excluding carboxylic acids is 2. The maximum Gasteiger partial charge on any atom is 0.416 e. The molecule has 4 aromatic rings. The van der Waals surface area contributed by atoms with Gasteiger partial charge in [-0.25, -0.2) is 4.98 Å². The Hall–Kier alpha value is -4.08. The van der Waals surface area contributed by atoms with Crippen molar-refractivity contribution in [3.63, 3.8) is 0 Å². The molecule has 6 nitrogen and oxygen atoms in total. The SMILES string of the molecule is Cc1nc2ccccc2cc1OCc1c(Cl)ccc(N(C)C(=O)CNC(=O)/C=C/c2ccccc2C(F)(F)F)c1Cl. The molecular formula is C30H24Cl2F3N3O3. The molecule has 0 aliphatic carbocycles. The van der Waals surface area contributed by atoms with Crippen LogP contribution in [0.15, 0.2) is 72.8 Å². The number of para-hydroxylation sites is 1. The monoisotopic (exact) mass is 601 g/mol. The van der Waals surface area contributed by atoms with Gasteiger partial charge in [-0.1, -0.05) is 59.6 Å². The number of nitrogens with one attached hydrogen (secondary N) is 1. The van der Waals surface area contributed by atoms with Crippen LogP contribution in [0.3, 0.4) is 0 Å². The average Bonchev–Trinajstić information content (AvgIpc) is 2.94. The highest BCUT2D eigenvalue weighted by Crippen LogP contribution is 2.35. The van der Waals surface area contributed by atoms with Crippen molar-refractivity contribution in [1.82, 2.24) is 10.3 Å². The van der Waals surface area contributed by atoms with Crippen LogP contribution in [0.25, 0.3) is 17.0 Å². The van der Waals surface area contributed by atoms with Crippen molar-refractivity contribution in [2.75, 3.05) is 18.5 Å². The van der Waals surface area contributed by atoms with Crippen LogP contribution in [0.2, 0.25) is 10.0 Å². The second kappa shape index (κ2) is 12.6. The lowest BCUT2D eigenvalue weighted by Gasteiger charge is -2.21. The van der Waals surface area contributed by atoms with Crippen LogP contribution < -0.4 is 15.0 Å². The Morgan fingerprint density at radius 2 is 1.76 bits per heavy atom. The molecule has 2 amide bonds. The summed E-state index contributed by atoms with van der Waals surface area (Å²) in [5, 5.41) is 3.81. The fraction of sp³-hybridized carbons (Fsp3) is 0.167. The molecule has 212 valence electrons. The molecule has 0 aliphatic rings.